The quantitative estimate of drug-likeness (QED) is 0.663. The van der Waals surface area contributed by atoms with Gasteiger partial charge in [0.15, 0.2) is 5.96 Å². The summed E-state index contributed by atoms with van der Waals surface area (Å²) in [6.45, 7) is 12.6. The standard InChI is InChI=1S/C11H21N3/c1-11(2,3)4-6-13-8-9-14-7-5-12-10(13)14/h4-9H2,1-3H3. The van der Waals surface area contributed by atoms with Gasteiger partial charge in [-0.05, 0) is 11.8 Å². The van der Waals surface area contributed by atoms with Gasteiger partial charge in [-0.25, -0.2) is 0 Å². The third kappa shape index (κ3) is 2.02. The fraction of sp³-hybridized carbons (Fsp3) is 0.909. The van der Waals surface area contributed by atoms with Gasteiger partial charge in [0.25, 0.3) is 0 Å². The maximum absolute atomic E-state index is 4.55. The molecule has 3 nitrogen and oxygen atoms in total. The van der Waals surface area contributed by atoms with Crippen LogP contribution in [-0.4, -0.2) is 48.5 Å². The summed E-state index contributed by atoms with van der Waals surface area (Å²) in [7, 11) is 0. The minimum absolute atomic E-state index is 0.437. The van der Waals surface area contributed by atoms with Crippen molar-refractivity contribution in [2.75, 3.05) is 32.7 Å². The number of hydrogen-bond donors (Lipinski definition) is 0. The van der Waals surface area contributed by atoms with E-state index in [0.717, 1.165) is 13.1 Å². The molecule has 14 heavy (non-hydrogen) atoms. The molecule has 0 aromatic carbocycles. The van der Waals surface area contributed by atoms with Crippen LogP contribution in [0.2, 0.25) is 0 Å². The second-order valence-electron chi connectivity index (χ2n) is 5.47. The van der Waals surface area contributed by atoms with Crippen LogP contribution in [0.5, 0.6) is 0 Å². The Hall–Kier alpha value is -0.730. The van der Waals surface area contributed by atoms with E-state index in [0.29, 0.717) is 5.41 Å². The van der Waals surface area contributed by atoms with E-state index < -0.39 is 0 Å². The molecule has 3 heteroatoms. The molecule has 0 spiro atoms. The predicted octanol–water partition coefficient (Wildman–Crippen LogP) is 1.41. The van der Waals surface area contributed by atoms with E-state index in [1.54, 1.807) is 0 Å². The van der Waals surface area contributed by atoms with Gasteiger partial charge in [0.2, 0.25) is 0 Å². The van der Waals surface area contributed by atoms with Gasteiger partial charge < -0.3 is 9.80 Å². The van der Waals surface area contributed by atoms with E-state index >= 15 is 0 Å². The highest BCUT2D eigenvalue weighted by atomic mass is 15.5. The largest absolute Gasteiger partial charge is 0.341 e. The Kier molecular flexibility index (Phi) is 2.41. The summed E-state index contributed by atoms with van der Waals surface area (Å²) >= 11 is 0. The Labute approximate surface area is 86.8 Å². The lowest BCUT2D eigenvalue weighted by molar-refractivity contribution is 0.318. The molecule has 1 saturated heterocycles. The SMILES string of the molecule is CC(C)(C)CCN1CCN2CCN=C21. The van der Waals surface area contributed by atoms with E-state index in [9.17, 15) is 0 Å². The van der Waals surface area contributed by atoms with E-state index in [4.69, 9.17) is 0 Å². The van der Waals surface area contributed by atoms with Gasteiger partial charge in [-0.2, -0.15) is 0 Å². The van der Waals surface area contributed by atoms with E-state index in [-0.39, 0.29) is 0 Å². The van der Waals surface area contributed by atoms with Crippen LogP contribution in [0.3, 0.4) is 0 Å². The second kappa shape index (κ2) is 3.44. The van der Waals surface area contributed by atoms with Gasteiger partial charge in [-0.1, -0.05) is 20.8 Å². The number of rotatable bonds is 2. The van der Waals surface area contributed by atoms with Crippen molar-refractivity contribution in [3.63, 3.8) is 0 Å². The number of aliphatic imine (C=N–C) groups is 1. The van der Waals surface area contributed by atoms with Crippen LogP contribution in [0, 0.1) is 5.41 Å². The number of hydrogen-bond acceptors (Lipinski definition) is 3. The lowest BCUT2D eigenvalue weighted by Crippen LogP contribution is -2.32. The third-order valence-electron chi connectivity index (χ3n) is 2.96. The van der Waals surface area contributed by atoms with Gasteiger partial charge >= 0.3 is 0 Å². The average molecular weight is 195 g/mol. The van der Waals surface area contributed by atoms with Crippen molar-refractivity contribution in [3.8, 4) is 0 Å². The molecular formula is C11H21N3. The third-order valence-corrected chi connectivity index (χ3v) is 2.96. The Morgan fingerprint density at radius 3 is 2.71 bits per heavy atom. The van der Waals surface area contributed by atoms with Crippen molar-refractivity contribution in [1.29, 1.82) is 0 Å². The normalized spacial score (nSPS) is 21.5. The monoisotopic (exact) mass is 195 g/mol. The highest BCUT2D eigenvalue weighted by molar-refractivity contribution is 5.83. The molecular weight excluding hydrogens is 174 g/mol. The summed E-state index contributed by atoms with van der Waals surface area (Å²) in [5.41, 5.74) is 0.437. The summed E-state index contributed by atoms with van der Waals surface area (Å²) in [4.78, 5) is 9.40. The van der Waals surface area contributed by atoms with Crippen LogP contribution < -0.4 is 0 Å². The van der Waals surface area contributed by atoms with E-state index in [1.807, 2.05) is 0 Å². The molecule has 0 aromatic rings. The summed E-state index contributed by atoms with van der Waals surface area (Å²) in [6.07, 6.45) is 1.25. The zero-order chi connectivity index (χ0) is 10.2. The molecule has 1 fully saturated rings. The van der Waals surface area contributed by atoms with E-state index in [2.05, 4.69) is 35.6 Å². The maximum atomic E-state index is 4.55. The van der Waals surface area contributed by atoms with Crippen molar-refractivity contribution in [3.05, 3.63) is 0 Å². The lowest BCUT2D eigenvalue weighted by Gasteiger charge is -2.24. The summed E-state index contributed by atoms with van der Waals surface area (Å²) in [5.74, 6) is 1.26. The molecule has 2 aliphatic rings. The molecule has 0 unspecified atom stereocenters. The van der Waals surface area contributed by atoms with E-state index in [1.165, 1.54) is 32.0 Å². The molecule has 0 saturated carbocycles. The Bertz CT molecular complexity index is 239. The molecule has 0 bridgehead atoms. The molecule has 2 rings (SSSR count). The fourth-order valence-corrected chi connectivity index (χ4v) is 2.01. The zero-order valence-electron chi connectivity index (χ0n) is 9.58. The first kappa shape index (κ1) is 9.81. The van der Waals surface area contributed by atoms with Crippen LogP contribution in [0.1, 0.15) is 27.2 Å². The Morgan fingerprint density at radius 1 is 1.21 bits per heavy atom. The maximum Gasteiger partial charge on any atom is 0.196 e. The second-order valence-corrected chi connectivity index (χ2v) is 5.47. The summed E-state index contributed by atoms with van der Waals surface area (Å²) in [5, 5.41) is 0. The first-order valence-corrected chi connectivity index (χ1v) is 5.61. The molecule has 0 radical (unpaired) electrons. The van der Waals surface area contributed by atoms with Gasteiger partial charge in [0, 0.05) is 26.2 Å². The highest BCUT2D eigenvalue weighted by Crippen LogP contribution is 2.21. The summed E-state index contributed by atoms with van der Waals surface area (Å²) < 4.78 is 0. The van der Waals surface area contributed by atoms with Gasteiger partial charge in [0.05, 0.1) is 6.54 Å². The van der Waals surface area contributed by atoms with Crippen molar-refractivity contribution < 1.29 is 0 Å². The molecule has 0 aromatic heterocycles. The van der Waals surface area contributed by atoms with Crippen molar-refractivity contribution in [2.24, 2.45) is 10.4 Å². The molecule has 2 heterocycles. The fourth-order valence-electron chi connectivity index (χ4n) is 2.01. The molecule has 0 atom stereocenters. The van der Waals surface area contributed by atoms with Crippen molar-refractivity contribution >= 4 is 5.96 Å². The van der Waals surface area contributed by atoms with Crippen molar-refractivity contribution in [2.45, 2.75) is 27.2 Å². The summed E-state index contributed by atoms with van der Waals surface area (Å²) in [6, 6.07) is 0. The molecule has 0 amide bonds. The van der Waals surface area contributed by atoms with Crippen molar-refractivity contribution in [1.82, 2.24) is 9.80 Å². The molecule has 2 aliphatic heterocycles. The van der Waals surface area contributed by atoms with Crippen LogP contribution in [0.15, 0.2) is 4.99 Å². The smallest absolute Gasteiger partial charge is 0.196 e. The lowest BCUT2D eigenvalue weighted by atomic mass is 9.92. The van der Waals surface area contributed by atoms with Gasteiger partial charge in [0.1, 0.15) is 0 Å². The minimum atomic E-state index is 0.437. The zero-order valence-corrected chi connectivity index (χ0v) is 9.58. The van der Waals surface area contributed by atoms with Crippen LogP contribution >= 0.6 is 0 Å². The predicted molar refractivity (Wildman–Crippen MR) is 59.5 cm³/mol. The van der Waals surface area contributed by atoms with Gasteiger partial charge in [-0.3, -0.25) is 4.99 Å². The van der Waals surface area contributed by atoms with Crippen LogP contribution in [0.4, 0.5) is 0 Å². The molecule has 0 N–H and O–H groups in total. The van der Waals surface area contributed by atoms with Crippen LogP contribution in [0.25, 0.3) is 0 Å². The topological polar surface area (TPSA) is 18.8 Å². The number of guanidine groups is 1. The highest BCUT2D eigenvalue weighted by Gasteiger charge is 2.29. The average Bonchev–Trinajstić information content (AvgIpc) is 2.59. The Morgan fingerprint density at radius 2 is 2.00 bits per heavy atom. The number of nitrogens with zero attached hydrogens (tertiary/aromatic N) is 3. The minimum Gasteiger partial charge on any atom is -0.341 e. The Balaban J connectivity index is 1.88. The van der Waals surface area contributed by atoms with Crippen LogP contribution in [-0.2, 0) is 0 Å². The molecule has 80 valence electrons. The molecule has 0 aliphatic carbocycles. The van der Waals surface area contributed by atoms with Gasteiger partial charge in [-0.15, -0.1) is 0 Å². The first-order chi connectivity index (χ1) is 6.56. The first-order valence-electron chi connectivity index (χ1n) is 5.61. The number of fused-ring (bicyclic) bond motifs is 1.